The lowest BCUT2D eigenvalue weighted by Gasteiger charge is -2.22. The van der Waals surface area contributed by atoms with E-state index >= 15 is 0 Å². The Labute approximate surface area is 165 Å². The molecular formula is C22H27N3O3. The van der Waals surface area contributed by atoms with Crippen molar-refractivity contribution in [2.45, 2.75) is 38.9 Å². The number of hydrogen-bond acceptors (Lipinski definition) is 3. The van der Waals surface area contributed by atoms with Gasteiger partial charge in [-0.05, 0) is 11.5 Å². The molecule has 2 aromatic carbocycles. The summed E-state index contributed by atoms with van der Waals surface area (Å²) in [5.74, 6) is -0.302. The first-order chi connectivity index (χ1) is 13.5. The van der Waals surface area contributed by atoms with E-state index in [1.807, 2.05) is 74.5 Å². The van der Waals surface area contributed by atoms with E-state index in [-0.39, 0.29) is 18.4 Å². The van der Waals surface area contributed by atoms with Crippen LogP contribution in [0.4, 0.5) is 0 Å². The number of hydroxylamine groups is 1. The number of carbonyl (C=O) groups is 2. The van der Waals surface area contributed by atoms with E-state index in [9.17, 15) is 14.8 Å². The Balaban J connectivity index is 2.06. The van der Waals surface area contributed by atoms with Crippen LogP contribution in [0.2, 0.25) is 0 Å². The number of hydrogen-bond donors (Lipinski definition) is 2. The van der Waals surface area contributed by atoms with E-state index in [0.717, 1.165) is 15.9 Å². The highest BCUT2D eigenvalue weighted by atomic mass is 16.5. The van der Waals surface area contributed by atoms with Gasteiger partial charge in [0.05, 0.1) is 0 Å². The Morgan fingerprint density at radius 2 is 1.61 bits per heavy atom. The summed E-state index contributed by atoms with van der Waals surface area (Å²) in [5.41, 5.74) is 1.84. The fourth-order valence-electron chi connectivity index (χ4n) is 2.80. The highest BCUT2D eigenvalue weighted by molar-refractivity contribution is 5.86. The lowest BCUT2D eigenvalue weighted by atomic mass is 10.0. The van der Waals surface area contributed by atoms with Crippen molar-refractivity contribution >= 4 is 18.5 Å². The van der Waals surface area contributed by atoms with Crippen LogP contribution in [0, 0.1) is 11.1 Å². The molecule has 2 rings (SSSR count). The third-order valence-electron chi connectivity index (χ3n) is 4.40. The van der Waals surface area contributed by atoms with Crippen LogP contribution in [0.3, 0.4) is 0 Å². The van der Waals surface area contributed by atoms with Crippen LogP contribution in [0.25, 0.3) is 0 Å². The van der Waals surface area contributed by atoms with E-state index in [1.54, 1.807) is 0 Å². The highest BCUT2D eigenvalue weighted by Crippen LogP contribution is 2.06. The molecule has 148 valence electrons. The Kier molecular flexibility index (Phi) is 8.21. The summed E-state index contributed by atoms with van der Waals surface area (Å²) in [6.07, 6.45) is 2.38. The predicted molar refractivity (Wildman–Crippen MR) is 110 cm³/mol. The van der Waals surface area contributed by atoms with E-state index < -0.39 is 12.1 Å². The predicted octanol–water partition coefficient (Wildman–Crippen LogP) is 2.27. The monoisotopic (exact) mass is 381 g/mol. The quantitative estimate of drug-likeness (QED) is 0.218. The van der Waals surface area contributed by atoms with Gasteiger partial charge in [0.25, 0.3) is 0 Å². The molecule has 0 saturated carbocycles. The van der Waals surface area contributed by atoms with Gasteiger partial charge in [-0.25, -0.2) is 4.74 Å². The van der Waals surface area contributed by atoms with Crippen molar-refractivity contribution in [1.29, 1.82) is 0 Å². The second kappa shape index (κ2) is 10.9. The zero-order valence-corrected chi connectivity index (χ0v) is 16.2. The van der Waals surface area contributed by atoms with Crippen LogP contribution in [0.5, 0.6) is 0 Å². The molecule has 2 N–H and O–H groups in total. The second-order valence-corrected chi connectivity index (χ2v) is 7.02. The Morgan fingerprint density at radius 3 is 2.14 bits per heavy atom. The molecule has 6 nitrogen and oxygen atoms in total. The van der Waals surface area contributed by atoms with Crippen molar-refractivity contribution in [3.63, 3.8) is 0 Å². The molecule has 0 radical (unpaired) electrons. The molecule has 2 atom stereocenters. The smallest absolute Gasteiger partial charge is 0.243 e. The van der Waals surface area contributed by atoms with Gasteiger partial charge in [0.2, 0.25) is 12.3 Å². The maximum absolute atomic E-state index is 12.7. The molecule has 0 bridgehead atoms. The molecule has 2 aromatic rings. The van der Waals surface area contributed by atoms with Gasteiger partial charge in [0.15, 0.2) is 12.8 Å². The van der Waals surface area contributed by atoms with Gasteiger partial charge in [0.1, 0.15) is 12.1 Å². The number of nitrogens with one attached hydrogen (secondary N) is 2. The molecule has 0 aromatic heterocycles. The van der Waals surface area contributed by atoms with Crippen molar-refractivity contribution in [2.24, 2.45) is 5.92 Å². The summed E-state index contributed by atoms with van der Waals surface area (Å²) >= 11 is 0. The molecule has 6 heteroatoms. The van der Waals surface area contributed by atoms with Crippen LogP contribution in [-0.2, 0) is 22.6 Å². The largest absolute Gasteiger partial charge is 0.624 e. The molecule has 0 aliphatic carbocycles. The fraction of sp³-hybridized carbons (Fsp3) is 0.318. The van der Waals surface area contributed by atoms with Gasteiger partial charge in [-0.1, -0.05) is 74.5 Å². The van der Waals surface area contributed by atoms with E-state index in [1.165, 1.54) is 6.21 Å². The fourth-order valence-corrected chi connectivity index (χ4v) is 2.80. The first kappa shape index (κ1) is 21.2. The number of rotatable bonds is 10. The highest BCUT2D eigenvalue weighted by Gasteiger charge is 2.24. The van der Waals surface area contributed by atoms with Crippen LogP contribution < -0.4 is 10.6 Å². The van der Waals surface area contributed by atoms with Gasteiger partial charge >= 0.3 is 0 Å². The Morgan fingerprint density at radius 1 is 1.04 bits per heavy atom. The van der Waals surface area contributed by atoms with Crippen molar-refractivity contribution < 1.29 is 14.3 Å². The topological polar surface area (TPSA) is 84.3 Å². The zero-order valence-electron chi connectivity index (χ0n) is 16.2. The van der Waals surface area contributed by atoms with Gasteiger partial charge in [0, 0.05) is 12.0 Å². The minimum Gasteiger partial charge on any atom is -0.624 e. The first-order valence-electron chi connectivity index (χ1n) is 9.36. The lowest BCUT2D eigenvalue weighted by molar-refractivity contribution is -0.471. The normalized spacial score (nSPS) is 13.6. The maximum Gasteiger partial charge on any atom is 0.243 e. The van der Waals surface area contributed by atoms with E-state index in [0.29, 0.717) is 12.8 Å². The van der Waals surface area contributed by atoms with Gasteiger partial charge in [-0.15, -0.1) is 0 Å². The molecule has 2 amide bonds. The average molecular weight is 381 g/mol. The van der Waals surface area contributed by atoms with Crippen LogP contribution in [-0.4, -0.2) is 35.4 Å². The molecule has 0 fully saturated rings. The Bertz CT molecular complexity index is 776. The Hall–Kier alpha value is -3.15. The average Bonchev–Trinajstić information content (AvgIpc) is 2.68. The molecular weight excluding hydrogens is 354 g/mol. The van der Waals surface area contributed by atoms with Crippen LogP contribution in [0.15, 0.2) is 60.7 Å². The van der Waals surface area contributed by atoms with E-state index in [2.05, 4.69) is 10.6 Å². The second-order valence-electron chi connectivity index (χ2n) is 7.02. The maximum atomic E-state index is 12.7. The molecule has 0 saturated heterocycles. The summed E-state index contributed by atoms with van der Waals surface area (Å²) in [4.78, 5) is 23.7. The zero-order chi connectivity index (χ0) is 20.4. The summed E-state index contributed by atoms with van der Waals surface area (Å²) in [6.45, 7) is 4.06. The SMILES string of the molecule is CC(C)[C@@H](/C=[N+](\[O-])Cc1ccccc1)NC(=O)[C@H](Cc1ccccc1)NC=O. The summed E-state index contributed by atoms with van der Waals surface area (Å²) < 4.78 is 0.833. The van der Waals surface area contributed by atoms with Crippen molar-refractivity contribution in [3.05, 3.63) is 77.0 Å². The van der Waals surface area contributed by atoms with Crippen molar-refractivity contribution in [3.8, 4) is 0 Å². The summed E-state index contributed by atoms with van der Waals surface area (Å²) in [6, 6.07) is 17.7. The van der Waals surface area contributed by atoms with Crippen LogP contribution >= 0.6 is 0 Å². The number of benzene rings is 2. The number of nitrogens with zero attached hydrogens (tertiary/aromatic N) is 1. The standard InChI is InChI=1S/C22H27N3O3/c1-17(2)21(15-25(28)14-19-11-7-4-8-12-19)24-22(27)20(23-16-26)13-18-9-5-3-6-10-18/h3-12,15-17,20-21H,13-14H2,1-2H3,(H,23,26)(H,24,27)/b25-15-/t20-,21+/m0/s1. The summed E-state index contributed by atoms with van der Waals surface area (Å²) in [7, 11) is 0. The van der Waals surface area contributed by atoms with Gasteiger partial charge in [-0.2, -0.15) is 0 Å². The van der Waals surface area contributed by atoms with Gasteiger partial charge < -0.3 is 15.8 Å². The molecule has 0 aliphatic heterocycles. The van der Waals surface area contributed by atoms with E-state index in [4.69, 9.17) is 0 Å². The molecule has 28 heavy (non-hydrogen) atoms. The number of carbonyl (C=O) groups excluding carboxylic acids is 2. The van der Waals surface area contributed by atoms with Crippen molar-refractivity contribution in [2.75, 3.05) is 0 Å². The third kappa shape index (κ3) is 6.87. The lowest BCUT2D eigenvalue weighted by Crippen LogP contribution is -2.51. The number of amides is 2. The third-order valence-corrected chi connectivity index (χ3v) is 4.40. The van der Waals surface area contributed by atoms with Gasteiger partial charge in [-0.3, -0.25) is 9.59 Å². The first-order valence-corrected chi connectivity index (χ1v) is 9.36. The minimum absolute atomic E-state index is 0.0183. The minimum atomic E-state index is -0.705. The molecule has 0 heterocycles. The molecule has 0 spiro atoms. The summed E-state index contributed by atoms with van der Waals surface area (Å²) in [5, 5.41) is 17.8. The molecule has 0 unspecified atom stereocenters. The van der Waals surface area contributed by atoms with Crippen molar-refractivity contribution in [1.82, 2.24) is 10.6 Å². The van der Waals surface area contributed by atoms with Crippen LogP contribution in [0.1, 0.15) is 25.0 Å². The molecule has 0 aliphatic rings.